The number of imidazole rings is 1. The molecule has 7 heteroatoms. The lowest BCUT2D eigenvalue weighted by atomic mass is 10.0. The second kappa shape index (κ2) is 8.14. The number of nitrogens with one attached hydrogen (secondary N) is 1. The van der Waals surface area contributed by atoms with Crippen LogP contribution in [-0.4, -0.2) is 50.8 Å². The van der Waals surface area contributed by atoms with Gasteiger partial charge >= 0.3 is 5.69 Å². The third-order valence-corrected chi connectivity index (χ3v) is 5.27. The Morgan fingerprint density at radius 3 is 2.59 bits per heavy atom. The maximum absolute atomic E-state index is 14.7. The molecule has 0 radical (unpaired) electrons. The average Bonchev–Trinajstić information content (AvgIpc) is 3.09. The summed E-state index contributed by atoms with van der Waals surface area (Å²) in [7, 11) is 0. The zero-order chi connectivity index (χ0) is 20.4. The van der Waals surface area contributed by atoms with Crippen LogP contribution in [0.15, 0.2) is 65.5 Å². The van der Waals surface area contributed by atoms with Crippen molar-refractivity contribution in [2.75, 3.05) is 13.1 Å². The molecule has 1 aliphatic rings. The molecule has 29 heavy (non-hydrogen) atoms. The van der Waals surface area contributed by atoms with Gasteiger partial charge in [-0.25, -0.2) is 9.18 Å². The van der Waals surface area contributed by atoms with Gasteiger partial charge in [-0.15, -0.1) is 0 Å². The van der Waals surface area contributed by atoms with Crippen LogP contribution < -0.4 is 5.69 Å². The topological polar surface area (TPSA) is 78.3 Å². The van der Waals surface area contributed by atoms with Crippen LogP contribution in [0.2, 0.25) is 0 Å². The van der Waals surface area contributed by atoms with Crippen molar-refractivity contribution < 1.29 is 14.3 Å². The molecule has 150 valence electrons. The number of H-pyrrole nitrogens is 1. The maximum atomic E-state index is 14.7. The molecule has 0 fully saturated rings. The fraction of sp³-hybridized carbons (Fsp3) is 0.273. The number of hydrogen-bond donors (Lipinski definition) is 2. The fourth-order valence-electron chi connectivity index (χ4n) is 3.71. The fourth-order valence-corrected chi connectivity index (χ4v) is 3.71. The molecular formula is C22H22FN3O3. The quantitative estimate of drug-likeness (QED) is 0.497. The van der Waals surface area contributed by atoms with Gasteiger partial charge in [0.05, 0.1) is 11.0 Å². The molecular weight excluding hydrogens is 373 g/mol. The molecule has 0 saturated carbocycles. The number of nitrogens with zero attached hydrogens (tertiary/aromatic N) is 2. The molecule has 0 amide bonds. The highest BCUT2D eigenvalue weighted by Gasteiger charge is 2.27. The van der Waals surface area contributed by atoms with Crippen molar-refractivity contribution in [2.24, 2.45) is 0 Å². The van der Waals surface area contributed by atoms with E-state index in [0.717, 1.165) is 16.7 Å². The summed E-state index contributed by atoms with van der Waals surface area (Å²) < 4.78 is 16.3. The van der Waals surface area contributed by atoms with Gasteiger partial charge in [0.1, 0.15) is 6.10 Å². The Kier molecular flexibility index (Phi) is 5.42. The molecule has 2 heterocycles. The smallest absolute Gasteiger partial charge is 0.330 e. The Morgan fingerprint density at radius 1 is 1.14 bits per heavy atom. The Hall–Kier alpha value is -3.03. The van der Waals surface area contributed by atoms with Crippen LogP contribution in [0.5, 0.6) is 0 Å². The number of para-hydroxylation sites is 2. The van der Waals surface area contributed by atoms with Crippen molar-refractivity contribution in [2.45, 2.75) is 25.2 Å². The van der Waals surface area contributed by atoms with E-state index in [4.69, 9.17) is 0 Å². The summed E-state index contributed by atoms with van der Waals surface area (Å²) in [6.45, 7) is 0.694. The number of Topliss-reactive ketones (excluding diaryl/α,β-unsaturated/α-hetero) is 1. The molecule has 0 spiro atoms. The van der Waals surface area contributed by atoms with Crippen LogP contribution >= 0.6 is 0 Å². The van der Waals surface area contributed by atoms with Crippen LogP contribution in [0, 0.1) is 0 Å². The summed E-state index contributed by atoms with van der Waals surface area (Å²) in [5.74, 6) is -0.480. The normalized spacial score (nSPS) is 17.1. The molecule has 1 aromatic heterocycles. The first-order valence-corrected chi connectivity index (χ1v) is 9.59. The number of rotatable bonds is 6. The molecule has 0 bridgehead atoms. The Labute approximate surface area is 166 Å². The maximum Gasteiger partial charge on any atom is 0.330 e. The van der Waals surface area contributed by atoms with Crippen LogP contribution in [0.25, 0.3) is 16.7 Å². The molecule has 2 N–H and O–H groups in total. The largest absolute Gasteiger partial charge is 0.385 e. The van der Waals surface area contributed by atoms with Crippen molar-refractivity contribution in [3.8, 4) is 0 Å². The third-order valence-electron chi connectivity index (χ3n) is 5.27. The number of hydrogen-bond acceptors (Lipinski definition) is 4. The minimum Gasteiger partial charge on any atom is -0.385 e. The van der Waals surface area contributed by atoms with Gasteiger partial charge in [0.15, 0.2) is 12.1 Å². The minimum atomic E-state index is -1.45. The van der Waals surface area contributed by atoms with E-state index in [-0.39, 0.29) is 12.1 Å². The number of carbonyl (C=O) groups is 1. The Morgan fingerprint density at radius 2 is 1.86 bits per heavy atom. The molecule has 6 nitrogen and oxygen atoms in total. The second-order valence-electron chi connectivity index (χ2n) is 7.14. The molecule has 2 atom stereocenters. The number of aromatic amines is 1. The van der Waals surface area contributed by atoms with Crippen molar-refractivity contribution in [1.29, 1.82) is 0 Å². The number of ketones is 1. The first-order chi connectivity index (χ1) is 14.0. The lowest BCUT2D eigenvalue weighted by molar-refractivity contribution is 0.0322. The Bertz CT molecular complexity index is 1100. The highest BCUT2D eigenvalue weighted by atomic mass is 19.1. The number of aliphatic hydroxyl groups is 1. The van der Waals surface area contributed by atoms with Gasteiger partial charge in [-0.3, -0.25) is 14.3 Å². The van der Waals surface area contributed by atoms with E-state index >= 15 is 0 Å². The van der Waals surface area contributed by atoms with Crippen molar-refractivity contribution in [1.82, 2.24) is 14.5 Å². The summed E-state index contributed by atoms with van der Waals surface area (Å²) in [5.41, 5.74) is 2.51. The summed E-state index contributed by atoms with van der Waals surface area (Å²) >= 11 is 0. The second-order valence-corrected chi connectivity index (χ2v) is 7.14. The average molecular weight is 395 g/mol. The third kappa shape index (κ3) is 3.92. The zero-order valence-corrected chi connectivity index (χ0v) is 15.8. The van der Waals surface area contributed by atoms with Crippen molar-refractivity contribution in [3.05, 3.63) is 76.7 Å². The molecule has 4 rings (SSSR count). The van der Waals surface area contributed by atoms with E-state index in [1.807, 2.05) is 30.3 Å². The molecule has 0 saturated heterocycles. The Balaban J connectivity index is 1.43. The van der Waals surface area contributed by atoms with E-state index < -0.39 is 18.2 Å². The summed E-state index contributed by atoms with van der Waals surface area (Å²) in [6.07, 6.45) is -0.818. The molecule has 2 unspecified atom stereocenters. The van der Waals surface area contributed by atoms with Crippen molar-refractivity contribution >= 4 is 22.5 Å². The minimum absolute atomic E-state index is 0.216. The van der Waals surface area contributed by atoms with Crippen molar-refractivity contribution in [3.63, 3.8) is 0 Å². The number of aromatic nitrogens is 2. The number of fused-ring (bicyclic) bond motifs is 1. The van der Waals surface area contributed by atoms with Gasteiger partial charge in [0.2, 0.25) is 0 Å². The van der Waals surface area contributed by atoms with Crippen LogP contribution in [-0.2, 0) is 0 Å². The summed E-state index contributed by atoms with van der Waals surface area (Å²) in [5, 5.41) is 10.1. The number of benzene rings is 2. The van der Waals surface area contributed by atoms with Gasteiger partial charge in [-0.1, -0.05) is 48.5 Å². The van der Waals surface area contributed by atoms with Crippen LogP contribution in [0.4, 0.5) is 4.39 Å². The summed E-state index contributed by atoms with van der Waals surface area (Å²) in [6, 6.07) is 15.8. The lowest BCUT2D eigenvalue weighted by Gasteiger charge is -2.30. The van der Waals surface area contributed by atoms with E-state index in [9.17, 15) is 19.1 Å². The van der Waals surface area contributed by atoms with E-state index in [1.54, 1.807) is 39.8 Å². The van der Waals surface area contributed by atoms with E-state index in [1.165, 1.54) is 0 Å². The number of halogens is 1. The van der Waals surface area contributed by atoms with Gasteiger partial charge in [0.25, 0.3) is 0 Å². The van der Waals surface area contributed by atoms with E-state index in [0.29, 0.717) is 25.1 Å². The zero-order valence-electron chi connectivity index (χ0n) is 15.8. The molecule has 1 aliphatic heterocycles. The number of carbonyl (C=O) groups excluding carboxylic acids is 1. The molecule has 3 aromatic rings. The number of aliphatic hydroxyl groups excluding tert-OH is 1. The van der Waals surface area contributed by atoms with Crippen LogP contribution in [0.3, 0.4) is 0 Å². The first kappa shape index (κ1) is 19.3. The number of alkyl halides is 1. The SMILES string of the molecule is O=C(c1ccccc1)C(O)CC(F)N1CC=C(n2c(=O)[nH]c3ccccc32)CC1. The predicted octanol–water partition coefficient (Wildman–Crippen LogP) is 2.81. The van der Waals surface area contributed by atoms with E-state index in [2.05, 4.69) is 4.98 Å². The van der Waals surface area contributed by atoms with Gasteiger partial charge in [-0.2, -0.15) is 0 Å². The standard InChI is InChI=1S/C22H22FN3O3/c23-20(14-19(27)21(28)15-6-2-1-3-7-15)25-12-10-16(11-13-25)26-18-9-5-4-8-17(18)24-22(26)29/h1-10,19-20,27H,11-14H2,(H,24,29). The summed E-state index contributed by atoms with van der Waals surface area (Å²) in [4.78, 5) is 28.9. The molecule has 0 aliphatic carbocycles. The van der Waals surface area contributed by atoms with Gasteiger partial charge < -0.3 is 10.1 Å². The van der Waals surface area contributed by atoms with Crippen LogP contribution in [0.1, 0.15) is 23.2 Å². The highest BCUT2D eigenvalue weighted by molar-refractivity contribution is 5.99. The first-order valence-electron chi connectivity index (χ1n) is 9.59. The van der Waals surface area contributed by atoms with Gasteiger partial charge in [-0.05, 0) is 12.1 Å². The lowest BCUT2D eigenvalue weighted by Crippen LogP contribution is -2.40. The predicted molar refractivity (Wildman–Crippen MR) is 109 cm³/mol. The monoisotopic (exact) mass is 395 g/mol. The van der Waals surface area contributed by atoms with Gasteiger partial charge in [0, 0.05) is 37.2 Å². The molecule has 2 aromatic carbocycles. The highest BCUT2D eigenvalue weighted by Crippen LogP contribution is 2.23.